The van der Waals surface area contributed by atoms with Crippen LogP contribution >= 0.6 is 11.3 Å². The Bertz CT molecular complexity index is 1500. The highest BCUT2D eigenvalue weighted by molar-refractivity contribution is 7.21. The van der Waals surface area contributed by atoms with E-state index in [0.717, 1.165) is 46.9 Å². The van der Waals surface area contributed by atoms with Gasteiger partial charge < -0.3 is 15.8 Å². The summed E-state index contributed by atoms with van der Waals surface area (Å²) in [7, 11) is 1.65. The van der Waals surface area contributed by atoms with E-state index in [4.69, 9.17) is 10.5 Å². The topological polar surface area (TPSA) is 133 Å². The van der Waals surface area contributed by atoms with Crippen LogP contribution in [0.3, 0.4) is 0 Å². The molecule has 5 heterocycles. The van der Waals surface area contributed by atoms with Gasteiger partial charge in [-0.1, -0.05) is 13.8 Å². The largest absolute Gasteiger partial charge is 0.383 e. The number of aryl methyl sites for hydroxylation is 1. The van der Waals surface area contributed by atoms with Gasteiger partial charge in [-0.25, -0.2) is 4.52 Å². The molecule has 4 aromatic heterocycles. The van der Waals surface area contributed by atoms with Crippen molar-refractivity contribution in [1.29, 1.82) is 0 Å². The normalized spacial score (nSPS) is 15.4. The molecule has 0 radical (unpaired) electrons. The number of carbonyl (C=O) groups is 2. The Morgan fingerprint density at radius 3 is 2.76 bits per heavy atom. The number of hydrogen-bond donors (Lipinski definition) is 2. The molecule has 38 heavy (non-hydrogen) atoms. The molecule has 0 atom stereocenters. The number of hydrogen-bond acceptors (Lipinski definition) is 8. The van der Waals surface area contributed by atoms with Crippen LogP contribution < -0.4 is 11.1 Å². The maximum atomic E-state index is 12.9. The smallest absolute Gasteiger partial charge is 0.253 e. The first-order valence-electron chi connectivity index (χ1n) is 12.5. The standard InChI is InChI=1S/C26H32N8O3S/c1-16-19(9-18(11-28-16)31-21(35)14-32-6-5-26(2,3)15-32)22-23(17-10-29-33(13-17)7-8-37-4)38-25-20(24(27)36)12-30-34(22)25/h9-13H,5-8,14-15H2,1-4H3,(H2,27,36)(H,31,35). The van der Waals surface area contributed by atoms with Crippen LogP contribution in [-0.4, -0.2) is 74.4 Å². The molecular weight excluding hydrogens is 504 g/mol. The molecule has 4 aromatic rings. The summed E-state index contributed by atoms with van der Waals surface area (Å²) >= 11 is 1.41. The fourth-order valence-electron chi connectivity index (χ4n) is 4.83. The first-order valence-corrected chi connectivity index (χ1v) is 13.3. The van der Waals surface area contributed by atoms with Crippen molar-refractivity contribution < 1.29 is 14.3 Å². The van der Waals surface area contributed by atoms with Gasteiger partial charge >= 0.3 is 0 Å². The van der Waals surface area contributed by atoms with E-state index in [2.05, 4.69) is 39.2 Å². The van der Waals surface area contributed by atoms with Crippen molar-refractivity contribution in [1.82, 2.24) is 29.3 Å². The minimum Gasteiger partial charge on any atom is -0.383 e. The molecule has 0 bridgehead atoms. The highest BCUT2D eigenvalue weighted by atomic mass is 32.1. The molecule has 2 amide bonds. The summed E-state index contributed by atoms with van der Waals surface area (Å²) in [5.41, 5.74) is 9.97. The predicted molar refractivity (Wildman–Crippen MR) is 146 cm³/mol. The van der Waals surface area contributed by atoms with Crippen molar-refractivity contribution in [2.24, 2.45) is 11.1 Å². The highest BCUT2D eigenvalue weighted by Gasteiger charge is 2.30. The minimum absolute atomic E-state index is 0.0792. The number of likely N-dealkylation sites (tertiary alicyclic amines) is 1. The molecule has 1 aliphatic rings. The Hall–Kier alpha value is -3.61. The molecule has 5 rings (SSSR count). The number of pyridine rings is 1. The molecule has 1 aliphatic heterocycles. The van der Waals surface area contributed by atoms with Gasteiger partial charge in [0, 0.05) is 36.7 Å². The van der Waals surface area contributed by atoms with Crippen LogP contribution in [0.15, 0.2) is 30.9 Å². The fraction of sp³-hybridized carbons (Fsp3) is 0.423. The van der Waals surface area contributed by atoms with E-state index in [0.29, 0.717) is 35.8 Å². The van der Waals surface area contributed by atoms with Gasteiger partial charge in [0.2, 0.25) is 5.91 Å². The van der Waals surface area contributed by atoms with Crippen molar-refractivity contribution in [2.75, 3.05) is 38.7 Å². The maximum absolute atomic E-state index is 12.9. The summed E-state index contributed by atoms with van der Waals surface area (Å²) in [6, 6.07) is 1.90. The summed E-state index contributed by atoms with van der Waals surface area (Å²) in [5, 5.41) is 12.0. The molecular formula is C26H32N8O3S. The Kier molecular flexibility index (Phi) is 7.03. The van der Waals surface area contributed by atoms with E-state index < -0.39 is 5.91 Å². The first kappa shape index (κ1) is 26.0. The molecule has 0 aliphatic carbocycles. The van der Waals surface area contributed by atoms with E-state index in [1.165, 1.54) is 17.5 Å². The van der Waals surface area contributed by atoms with E-state index in [9.17, 15) is 9.59 Å². The van der Waals surface area contributed by atoms with Crippen molar-refractivity contribution in [3.8, 4) is 21.7 Å². The van der Waals surface area contributed by atoms with Crippen LogP contribution in [-0.2, 0) is 16.1 Å². The second-order valence-corrected chi connectivity index (χ2v) is 11.4. The van der Waals surface area contributed by atoms with Crippen molar-refractivity contribution >= 4 is 33.7 Å². The number of anilines is 1. The second kappa shape index (κ2) is 10.3. The lowest BCUT2D eigenvalue weighted by Crippen LogP contribution is -2.32. The van der Waals surface area contributed by atoms with Gasteiger partial charge in [-0.05, 0) is 31.4 Å². The number of ether oxygens (including phenoxy) is 1. The first-order chi connectivity index (χ1) is 18.1. The van der Waals surface area contributed by atoms with Gasteiger partial charge in [0.15, 0.2) is 0 Å². The van der Waals surface area contributed by atoms with E-state index in [1.807, 2.05) is 23.9 Å². The van der Waals surface area contributed by atoms with Crippen molar-refractivity contribution in [3.05, 3.63) is 42.1 Å². The molecule has 1 fully saturated rings. The zero-order valence-corrected chi connectivity index (χ0v) is 22.8. The number of thiazole rings is 1. The van der Waals surface area contributed by atoms with Gasteiger partial charge in [-0.2, -0.15) is 10.2 Å². The average Bonchev–Trinajstić information content (AvgIpc) is 3.62. The third kappa shape index (κ3) is 5.19. The Morgan fingerprint density at radius 2 is 2.05 bits per heavy atom. The molecule has 12 heteroatoms. The van der Waals surface area contributed by atoms with Crippen LogP contribution in [0.1, 0.15) is 36.3 Å². The van der Waals surface area contributed by atoms with E-state index >= 15 is 0 Å². The summed E-state index contributed by atoms with van der Waals surface area (Å²) in [6.45, 7) is 9.63. The zero-order valence-electron chi connectivity index (χ0n) is 22.0. The third-order valence-electron chi connectivity index (χ3n) is 6.79. The highest BCUT2D eigenvalue weighted by Crippen LogP contribution is 2.41. The lowest BCUT2D eigenvalue weighted by molar-refractivity contribution is -0.117. The summed E-state index contributed by atoms with van der Waals surface area (Å²) in [4.78, 5) is 33.2. The lowest BCUT2D eigenvalue weighted by atomic mass is 9.93. The van der Waals surface area contributed by atoms with Crippen LogP contribution in [0.25, 0.3) is 26.5 Å². The monoisotopic (exact) mass is 536 g/mol. The third-order valence-corrected chi connectivity index (χ3v) is 8.00. The molecule has 200 valence electrons. The van der Waals surface area contributed by atoms with Crippen LogP contribution in [0.4, 0.5) is 5.69 Å². The van der Waals surface area contributed by atoms with Crippen molar-refractivity contribution in [3.63, 3.8) is 0 Å². The number of nitrogens with one attached hydrogen (secondary N) is 1. The quantitative estimate of drug-likeness (QED) is 0.336. The summed E-state index contributed by atoms with van der Waals surface area (Å²) in [6.07, 6.45) is 7.93. The zero-order chi connectivity index (χ0) is 27.0. The van der Waals surface area contributed by atoms with Gasteiger partial charge in [-0.15, -0.1) is 11.3 Å². The van der Waals surface area contributed by atoms with Crippen molar-refractivity contribution in [2.45, 2.75) is 33.7 Å². The van der Waals surface area contributed by atoms with Gasteiger partial charge in [0.1, 0.15) is 4.83 Å². The van der Waals surface area contributed by atoms with Gasteiger partial charge in [0.25, 0.3) is 5.91 Å². The molecule has 0 saturated carbocycles. The Labute approximate surface area is 224 Å². The fourth-order valence-corrected chi connectivity index (χ4v) is 6.03. The Balaban J connectivity index is 1.51. The SMILES string of the molecule is COCCn1cc(-c2sc3c(C(N)=O)cnn3c2-c2cc(NC(=O)CN3CCC(C)(C)C3)cnc2C)cn1. The predicted octanol–water partition coefficient (Wildman–Crippen LogP) is 3.05. The number of nitrogens with two attached hydrogens (primary N) is 1. The number of rotatable bonds is 9. The van der Waals surface area contributed by atoms with Crippen LogP contribution in [0.2, 0.25) is 0 Å². The van der Waals surface area contributed by atoms with Crippen LogP contribution in [0, 0.1) is 12.3 Å². The molecule has 0 aromatic carbocycles. The number of primary amides is 1. The van der Waals surface area contributed by atoms with Crippen LogP contribution in [0.5, 0.6) is 0 Å². The van der Waals surface area contributed by atoms with E-state index in [-0.39, 0.29) is 11.3 Å². The second-order valence-electron chi connectivity index (χ2n) is 10.4. The molecule has 0 spiro atoms. The number of aromatic nitrogens is 5. The minimum atomic E-state index is -0.545. The summed E-state index contributed by atoms with van der Waals surface area (Å²) < 4.78 is 8.70. The summed E-state index contributed by atoms with van der Waals surface area (Å²) in [5.74, 6) is -0.624. The number of fused-ring (bicyclic) bond motifs is 1. The number of nitrogens with zero attached hydrogens (tertiary/aromatic N) is 6. The van der Waals surface area contributed by atoms with E-state index in [1.54, 1.807) is 24.0 Å². The maximum Gasteiger partial charge on any atom is 0.253 e. The average molecular weight is 537 g/mol. The molecule has 0 unspecified atom stereocenters. The molecule has 1 saturated heterocycles. The Morgan fingerprint density at radius 1 is 1.24 bits per heavy atom. The molecule has 3 N–H and O–H groups in total. The number of carbonyl (C=O) groups excluding carboxylic acids is 2. The number of methoxy groups -OCH3 is 1. The molecule has 11 nitrogen and oxygen atoms in total. The lowest BCUT2D eigenvalue weighted by Gasteiger charge is -2.19. The number of amides is 2. The van der Waals surface area contributed by atoms with Gasteiger partial charge in [0.05, 0.1) is 60.1 Å². The van der Waals surface area contributed by atoms with Gasteiger partial charge in [-0.3, -0.25) is 24.2 Å².